The van der Waals surface area contributed by atoms with Crippen LogP contribution in [-0.4, -0.2) is 20.6 Å². The molecule has 0 radical (unpaired) electrons. The quantitative estimate of drug-likeness (QED) is 0.865. The molecule has 0 saturated heterocycles. The highest BCUT2D eigenvalue weighted by Crippen LogP contribution is 2.27. The van der Waals surface area contributed by atoms with Crippen LogP contribution < -0.4 is 4.89 Å². The first-order chi connectivity index (χ1) is 10.7. The third-order valence-corrected chi connectivity index (χ3v) is 3.97. The maximum atomic E-state index is 12.1. The van der Waals surface area contributed by atoms with Crippen LogP contribution in [-0.2, 0) is 19.7 Å². The number of halogens is 3. The summed E-state index contributed by atoms with van der Waals surface area (Å²) in [4.78, 5) is 15.1. The SMILES string of the molecule is O=C(ONS(=O)(=O)c1ccccc1-c1ccccc1)C(F)(F)F. The monoisotopic (exact) mass is 345 g/mol. The standard InChI is InChI=1S/C14H10F3NO4S/c15-14(16,17)13(19)22-18-23(20,21)12-9-5-4-8-11(12)10-6-2-1-3-7-10/h1-9,18H. The molecule has 0 atom stereocenters. The van der Waals surface area contributed by atoms with Crippen molar-refractivity contribution >= 4 is 16.0 Å². The molecular formula is C14H10F3NO4S. The molecule has 0 amide bonds. The molecule has 0 saturated carbocycles. The molecule has 0 heterocycles. The van der Waals surface area contributed by atoms with Gasteiger partial charge in [0, 0.05) is 5.56 Å². The normalized spacial score (nSPS) is 12.0. The maximum absolute atomic E-state index is 12.1. The van der Waals surface area contributed by atoms with E-state index in [1.54, 1.807) is 36.4 Å². The summed E-state index contributed by atoms with van der Waals surface area (Å²) in [6.07, 6.45) is -5.30. The molecule has 122 valence electrons. The highest BCUT2D eigenvalue weighted by molar-refractivity contribution is 7.89. The van der Waals surface area contributed by atoms with Crippen molar-refractivity contribution in [2.24, 2.45) is 0 Å². The largest absolute Gasteiger partial charge is 0.492 e. The molecule has 0 fully saturated rings. The van der Waals surface area contributed by atoms with Gasteiger partial charge in [0.25, 0.3) is 10.0 Å². The number of hydrogen-bond acceptors (Lipinski definition) is 4. The molecule has 23 heavy (non-hydrogen) atoms. The van der Waals surface area contributed by atoms with Gasteiger partial charge in [-0.25, -0.2) is 13.2 Å². The van der Waals surface area contributed by atoms with E-state index < -0.39 is 22.2 Å². The summed E-state index contributed by atoms with van der Waals surface area (Å²) < 4.78 is 60.4. The molecule has 2 rings (SSSR count). The molecule has 0 unspecified atom stereocenters. The van der Waals surface area contributed by atoms with Crippen LogP contribution in [0.5, 0.6) is 0 Å². The van der Waals surface area contributed by atoms with Crippen molar-refractivity contribution in [3.8, 4) is 11.1 Å². The average molecular weight is 345 g/mol. The summed E-state index contributed by atoms with van der Waals surface area (Å²) in [5, 5.41) is 0. The summed E-state index contributed by atoms with van der Waals surface area (Å²) in [6, 6.07) is 14.0. The molecule has 5 nitrogen and oxygen atoms in total. The molecule has 0 spiro atoms. The van der Waals surface area contributed by atoms with E-state index in [-0.39, 0.29) is 10.5 Å². The van der Waals surface area contributed by atoms with Gasteiger partial charge in [-0.05, 0) is 16.5 Å². The van der Waals surface area contributed by atoms with Crippen molar-refractivity contribution < 1.29 is 31.2 Å². The van der Waals surface area contributed by atoms with E-state index in [1.807, 2.05) is 0 Å². The van der Waals surface area contributed by atoms with Crippen LogP contribution in [0.3, 0.4) is 0 Å². The molecule has 0 bridgehead atoms. The molecule has 0 aliphatic heterocycles. The van der Waals surface area contributed by atoms with Gasteiger partial charge in [-0.15, -0.1) is 0 Å². The summed E-state index contributed by atoms with van der Waals surface area (Å²) >= 11 is 0. The summed E-state index contributed by atoms with van der Waals surface area (Å²) in [7, 11) is -4.49. The minimum Gasteiger partial charge on any atom is -0.348 e. The third-order valence-electron chi connectivity index (χ3n) is 2.74. The Bertz CT molecular complexity index is 804. The number of rotatable bonds is 4. The fourth-order valence-electron chi connectivity index (χ4n) is 1.75. The van der Waals surface area contributed by atoms with E-state index in [0.717, 1.165) is 0 Å². The second kappa shape index (κ2) is 6.39. The molecule has 1 N–H and O–H groups in total. The predicted molar refractivity (Wildman–Crippen MR) is 74.3 cm³/mol. The second-order valence-corrected chi connectivity index (χ2v) is 5.95. The van der Waals surface area contributed by atoms with Gasteiger partial charge >= 0.3 is 12.1 Å². The average Bonchev–Trinajstić information content (AvgIpc) is 2.52. The summed E-state index contributed by atoms with van der Waals surface area (Å²) in [6.45, 7) is 0. The summed E-state index contributed by atoms with van der Waals surface area (Å²) in [5.74, 6) is -2.65. The van der Waals surface area contributed by atoms with E-state index in [0.29, 0.717) is 5.56 Å². The van der Waals surface area contributed by atoms with E-state index in [9.17, 15) is 26.4 Å². The molecule has 0 aromatic heterocycles. The van der Waals surface area contributed by atoms with Crippen molar-refractivity contribution in [2.75, 3.05) is 0 Å². The molecule has 2 aromatic rings. The van der Waals surface area contributed by atoms with Gasteiger partial charge in [0.15, 0.2) is 0 Å². The van der Waals surface area contributed by atoms with Crippen LogP contribution in [0.1, 0.15) is 0 Å². The van der Waals surface area contributed by atoms with Gasteiger partial charge in [-0.2, -0.15) is 13.2 Å². The van der Waals surface area contributed by atoms with E-state index >= 15 is 0 Å². The van der Waals surface area contributed by atoms with Gasteiger partial charge in [-0.1, -0.05) is 48.5 Å². The zero-order chi connectivity index (χ0) is 17.1. The second-order valence-electron chi connectivity index (χ2n) is 4.34. The Kier molecular flexibility index (Phi) is 4.71. The molecule has 2 aromatic carbocycles. The zero-order valence-electron chi connectivity index (χ0n) is 11.4. The van der Waals surface area contributed by atoms with Crippen LogP contribution >= 0.6 is 0 Å². The topological polar surface area (TPSA) is 72.5 Å². The molecule has 9 heteroatoms. The van der Waals surface area contributed by atoms with Crippen LogP contribution in [0.25, 0.3) is 11.1 Å². The Hall–Kier alpha value is -2.39. The highest BCUT2D eigenvalue weighted by Gasteiger charge is 2.42. The van der Waals surface area contributed by atoms with Crippen LogP contribution in [0, 0.1) is 0 Å². The Labute approximate surface area is 129 Å². The lowest BCUT2D eigenvalue weighted by Gasteiger charge is -2.12. The van der Waals surface area contributed by atoms with E-state index in [4.69, 9.17) is 0 Å². The van der Waals surface area contributed by atoms with Crippen molar-refractivity contribution in [3.05, 3.63) is 54.6 Å². The Balaban J connectivity index is 2.33. The third kappa shape index (κ3) is 4.08. The molecule has 0 aliphatic rings. The number of benzene rings is 2. The van der Waals surface area contributed by atoms with Crippen molar-refractivity contribution in [1.29, 1.82) is 0 Å². The first-order valence-electron chi connectivity index (χ1n) is 6.16. The highest BCUT2D eigenvalue weighted by atomic mass is 32.2. The minimum absolute atomic E-state index is 0.253. The number of carbonyl (C=O) groups is 1. The van der Waals surface area contributed by atoms with Crippen molar-refractivity contribution in [3.63, 3.8) is 0 Å². The van der Waals surface area contributed by atoms with Gasteiger partial charge in [0.1, 0.15) is 0 Å². The van der Waals surface area contributed by atoms with Crippen molar-refractivity contribution in [2.45, 2.75) is 11.1 Å². The van der Waals surface area contributed by atoms with Gasteiger partial charge < -0.3 is 4.84 Å². The Morgan fingerprint density at radius 1 is 0.957 bits per heavy atom. The number of nitrogens with one attached hydrogen (secondary N) is 1. The van der Waals surface area contributed by atoms with Gasteiger partial charge in [0.05, 0.1) is 4.90 Å². The predicted octanol–water partition coefficient (Wildman–Crippen LogP) is 2.65. The van der Waals surface area contributed by atoms with E-state index in [1.165, 1.54) is 23.1 Å². The smallest absolute Gasteiger partial charge is 0.348 e. The van der Waals surface area contributed by atoms with Gasteiger partial charge in [-0.3, -0.25) is 0 Å². The lowest BCUT2D eigenvalue weighted by molar-refractivity contribution is -0.203. The van der Waals surface area contributed by atoms with Crippen LogP contribution in [0.2, 0.25) is 0 Å². The number of alkyl halides is 3. The Morgan fingerprint density at radius 3 is 2.13 bits per heavy atom. The number of carbonyl (C=O) groups excluding carboxylic acids is 1. The van der Waals surface area contributed by atoms with E-state index in [2.05, 4.69) is 4.84 Å². The molecular weight excluding hydrogens is 335 g/mol. The van der Waals surface area contributed by atoms with Gasteiger partial charge in [0.2, 0.25) is 0 Å². The minimum atomic E-state index is -5.30. The number of sulfonamides is 1. The van der Waals surface area contributed by atoms with Crippen LogP contribution in [0.4, 0.5) is 13.2 Å². The molecule has 0 aliphatic carbocycles. The lowest BCUT2D eigenvalue weighted by atomic mass is 10.1. The summed E-state index contributed by atoms with van der Waals surface area (Å²) in [5.41, 5.74) is 0.791. The van der Waals surface area contributed by atoms with Crippen LogP contribution in [0.15, 0.2) is 59.5 Å². The zero-order valence-corrected chi connectivity index (χ0v) is 12.2. The first kappa shape index (κ1) is 17.0. The first-order valence-corrected chi connectivity index (χ1v) is 7.64. The maximum Gasteiger partial charge on any atom is 0.492 e. The number of hydrogen-bond donors (Lipinski definition) is 1. The van der Waals surface area contributed by atoms with Crippen molar-refractivity contribution in [1.82, 2.24) is 4.89 Å². The Morgan fingerprint density at radius 2 is 1.52 bits per heavy atom. The fourth-order valence-corrected chi connectivity index (χ4v) is 2.76. The lowest BCUT2D eigenvalue weighted by Crippen LogP contribution is -2.34. The fraction of sp³-hybridized carbons (Fsp3) is 0.0714.